The van der Waals surface area contributed by atoms with Crippen molar-refractivity contribution in [1.82, 2.24) is 29.7 Å². The molecule has 0 N–H and O–H groups in total. The van der Waals surface area contributed by atoms with E-state index in [0.717, 1.165) is 0 Å². The largest absolute Gasteiger partial charge is 0.256 e. The zero-order valence-electron chi connectivity index (χ0n) is 9.49. The molecule has 0 radical (unpaired) electrons. The van der Waals surface area contributed by atoms with Gasteiger partial charge in [0.15, 0.2) is 0 Å². The lowest BCUT2D eigenvalue weighted by atomic mass is 10.9. The van der Waals surface area contributed by atoms with E-state index in [1.165, 1.54) is 0 Å². The van der Waals surface area contributed by atoms with Gasteiger partial charge < -0.3 is 0 Å². The Kier molecular flexibility index (Phi) is 3.72. The average Bonchev–Trinajstić information content (AvgIpc) is 2.73. The summed E-state index contributed by atoms with van der Waals surface area (Å²) in [7, 11) is 0.540. The van der Waals surface area contributed by atoms with Crippen molar-refractivity contribution < 1.29 is 0 Å². The first-order valence-electron chi connectivity index (χ1n) is 4.67. The smallest absolute Gasteiger partial charge is 0.202 e. The maximum absolute atomic E-state index is 4.05. The molecule has 0 atom stereocenters. The van der Waals surface area contributed by atoms with E-state index in [0.29, 0.717) is 0 Å². The van der Waals surface area contributed by atoms with Crippen LogP contribution in [0, 0.1) is 0 Å². The molecule has 0 fully saturated rings. The van der Waals surface area contributed by atoms with E-state index >= 15 is 0 Å². The van der Waals surface area contributed by atoms with Gasteiger partial charge in [-0.15, -0.1) is 5.10 Å². The van der Waals surface area contributed by atoms with Crippen molar-refractivity contribution in [3.8, 4) is 0 Å². The van der Waals surface area contributed by atoms with E-state index in [9.17, 15) is 0 Å². The van der Waals surface area contributed by atoms with Crippen LogP contribution < -0.4 is 0 Å². The summed E-state index contributed by atoms with van der Waals surface area (Å²) >= 11 is 0. The summed E-state index contributed by atoms with van der Waals surface area (Å²) in [5, 5.41) is 15.2. The second kappa shape index (κ2) is 4.83. The SMILES string of the molecule is C[Si](C)(C)n1nccn1.Cn1ccnn1. The Hall–Kier alpha value is -1.50. The highest BCUT2D eigenvalue weighted by atomic mass is 28.3. The predicted molar refractivity (Wildman–Crippen MR) is 59.8 cm³/mol. The van der Waals surface area contributed by atoms with Crippen molar-refractivity contribution in [3.63, 3.8) is 0 Å². The Morgan fingerprint density at radius 3 is 1.80 bits per heavy atom. The molecule has 7 heteroatoms. The zero-order chi connectivity index (χ0) is 11.3. The molecule has 2 aromatic rings. The van der Waals surface area contributed by atoms with Crippen LogP contribution in [0.25, 0.3) is 0 Å². The Balaban J connectivity index is 0.000000162. The van der Waals surface area contributed by atoms with Crippen molar-refractivity contribution in [3.05, 3.63) is 24.8 Å². The molecule has 0 aliphatic heterocycles. The fourth-order valence-electron chi connectivity index (χ4n) is 0.830. The molecule has 0 aliphatic rings. The molecular weight excluding hydrogens is 208 g/mol. The normalized spacial score (nSPS) is 10.7. The van der Waals surface area contributed by atoms with E-state index in [2.05, 4.69) is 40.2 Å². The Bertz CT molecular complexity index is 360. The predicted octanol–water partition coefficient (Wildman–Crippen LogP) is 0.776. The van der Waals surface area contributed by atoms with Crippen LogP contribution in [0.4, 0.5) is 0 Å². The second-order valence-electron chi connectivity index (χ2n) is 4.07. The van der Waals surface area contributed by atoms with Gasteiger partial charge in [0.1, 0.15) is 0 Å². The van der Waals surface area contributed by atoms with Crippen LogP contribution in [-0.2, 0) is 7.05 Å². The van der Waals surface area contributed by atoms with Gasteiger partial charge in [-0.3, -0.25) is 4.68 Å². The fourth-order valence-corrected chi connectivity index (χ4v) is 1.66. The highest BCUT2D eigenvalue weighted by Gasteiger charge is 2.17. The molecule has 82 valence electrons. The summed E-state index contributed by atoms with van der Waals surface area (Å²) < 4.78 is 3.47. The molecule has 0 spiro atoms. The molecule has 0 saturated heterocycles. The van der Waals surface area contributed by atoms with E-state index in [-0.39, 0.29) is 0 Å². The first-order chi connectivity index (χ1) is 7.00. The van der Waals surface area contributed by atoms with Crippen LogP contribution in [0.2, 0.25) is 19.6 Å². The van der Waals surface area contributed by atoms with Gasteiger partial charge in [-0.2, -0.15) is 10.2 Å². The van der Waals surface area contributed by atoms with Crippen molar-refractivity contribution in [2.24, 2.45) is 7.05 Å². The number of aromatic nitrogens is 6. The first-order valence-corrected chi connectivity index (χ1v) is 8.12. The first kappa shape index (κ1) is 11.6. The van der Waals surface area contributed by atoms with E-state index in [4.69, 9.17) is 0 Å². The lowest BCUT2D eigenvalue weighted by molar-refractivity contribution is 0.715. The lowest BCUT2D eigenvalue weighted by Gasteiger charge is -2.12. The van der Waals surface area contributed by atoms with E-state index in [1.807, 2.05) is 11.5 Å². The van der Waals surface area contributed by atoms with Gasteiger partial charge in [-0.25, -0.2) is 4.46 Å². The Morgan fingerprint density at radius 2 is 1.60 bits per heavy atom. The summed E-state index contributed by atoms with van der Waals surface area (Å²) in [6.45, 7) is 6.60. The summed E-state index contributed by atoms with van der Waals surface area (Å²) in [6.07, 6.45) is 6.86. The van der Waals surface area contributed by atoms with Crippen molar-refractivity contribution >= 4 is 8.24 Å². The van der Waals surface area contributed by atoms with Gasteiger partial charge in [-0.1, -0.05) is 5.21 Å². The molecule has 0 bridgehead atoms. The minimum atomic E-state index is -1.29. The van der Waals surface area contributed by atoms with E-state index < -0.39 is 8.24 Å². The van der Waals surface area contributed by atoms with Crippen molar-refractivity contribution in [1.29, 1.82) is 0 Å². The van der Waals surface area contributed by atoms with Crippen LogP contribution in [0.3, 0.4) is 0 Å². The second-order valence-corrected chi connectivity index (χ2v) is 8.81. The maximum Gasteiger partial charge on any atom is 0.202 e. The minimum absolute atomic E-state index is 1.29. The maximum atomic E-state index is 4.05. The number of hydrogen-bond donors (Lipinski definition) is 0. The third-order valence-electron chi connectivity index (χ3n) is 1.56. The lowest BCUT2D eigenvalue weighted by Crippen LogP contribution is -2.34. The zero-order valence-corrected chi connectivity index (χ0v) is 10.5. The number of aryl methyl sites for hydroxylation is 1. The highest BCUT2D eigenvalue weighted by molar-refractivity contribution is 6.73. The van der Waals surface area contributed by atoms with Gasteiger partial charge in [0.2, 0.25) is 8.24 Å². The highest BCUT2D eigenvalue weighted by Crippen LogP contribution is 1.99. The standard InChI is InChI=1S/C5H11N3Si.C3H5N3/c1-9(2,3)8-6-4-5-7-8;1-6-3-2-4-5-6/h4-5H,1-3H3;2-3H,1H3. The molecule has 0 saturated carbocycles. The average molecular weight is 224 g/mol. The molecule has 0 unspecified atom stereocenters. The third-order valence-corrected chi connectivity index (χ3v) is 2.99. The molecule has 6 nitrogen and oxygen atoms in total. The van der Waals surface area contributed by atoms with Crippen LogP contribution in [0.5, 0.6) is 0 Å². The molecule has 0 aliphatic carbocycles. The topological polar surface area (TPSA) is 61.4 Å². The molecule has 15 heavy (non-hydrogen) atoms. The van der Waals surface area contributed by atoms with Gasteiger partial charge >= 0.3 is 0 Å². The Labute approximate surface area is 90.0 Å². The van der Waals surface area contributed by atoms with Gasteiger partial charge in [0.25, 0.3) is 0 Å². The van der Waals surface area contributed by atoms with Crippen molar-refractivity contribution in [2.75, 3.05) is 0 Å². The number of hydrogen-bond acceptors (Lipinski definition) is 4. The quantitative estimate of drug-likeness (QED) is 0.671. The molecule has 2 aromatic heterocycles. The number of nitrogens with zero attached hydrogens (tertiary/aromatic N) is 6. The minimum Gasteiger partial charge on any atom is -0.256 e. The summed E-state index contributed by atoms with van der Waals surface area (Å²) in [6, 6.07) is 0. The molecule has 0 amide bonds. The molecule has 2 heterocycles. The molecular formula is C8H16N6Si. The van der Waals surface area contributed by atoms with Gasteiger partial charge in [-0.05, 0) is 19.6 Å². The van der Waals surface area contributed by atoms with Crippen LogP contribution >= 0.6 is 0 Å². The Morgan fingerprint density at radius 1 is 1.00 bits per heavy atom. The molecule has 2 rings (SSSR count). The summed E-state index contributed by atoms with van der Waals surface area (Å²) in [4.78, 5) is 0. The molecule has 0 aromatic carbocycles. The van der Waals surface area contributed by atoms with Crippen LogP contribution in [-0.4, -0.2) is 37.9 Å². The number of rotatable bonds is 1. The summed E-state index contributed by atoms with van der Waals surface area (Å²) in [5.74, 6) is 0. The monoisotopic (exact) mass is 224 g/mol. The van der Waals surface area contributed by atoms with Crippen molar-refractivity contribution in [2.45, 2.75) is 19.6 Å². The van der Waals surface area contributed by atoms with Gasteiger partial charge in [0.05, 0.1) is 18.6 Å². The van der Waals surface area contributed by atoms with Crippen LogP contribution in [0.15, 0.2) is 24.8 Å². The van der Waals surface area contributed by atoms with Gasteiger partial charge in [0, 0.05) is 13.2 Å². The van der Waals surface area contributed by atoms with Crippen LogP contribution in [0.1, 0.15) is 0 Å². The summed E-state index contributed by atoms with van der Waals surface area (Å²) in [5.41, 5.74) is 0. The third kappa shape index (κ3) is 4.02. The fraction of sp³-hybridized carbons (Fsp3) is 0.500. The van der Waals surface area contributed by atoms with E-state index in [1.54, 1.807) is 29.5 Å².